The molecule has 4 N–H and O–H groups in total. The Bertz CT molecular complexity index is 997. The van der Waals surface area contributed by atoms with Crippen molar-refractivity contribution in [3.8, 4) is 11.5 Å². The Morgan fingerprint density at radius 3 is 2.75 bits per heavy atom. The fourth-order valence-corrected chi connectivity index (χ4v) is 2.99. The van der Waals surface area contributed by atoms with Gasteiger partial charge in [0.25, 0.3) is 5.91 Å². The molecule has 1 aliphatic heterocycles. The third-order valence-electron chi connectivity index (χ3n) is 4.48. The minimum atomic E-state index is -1.06. The molecule has 3 aromatic rings. The fourth-order valence-electron chi connectivity index (χ4n) is 2.99. The molecule has 0 aliphatic carbocycles. The molecule has 4 rings (SSSR count). The second kappa shape index (κ2) is 7.61. The van der Waals surface area contributed by atoms with Gasteiger partial charge in [-0.25, -0.2) is 0 Å². The number of aromatic nitrogens is 1. The van der Waals surface area contributed by atoms with Crippen molar-refractivity contribution in [1.29, 1.82) is 0 Å². The number of hydrogen-bond donors (Lipinski definition) is 4. The van der Waals surface area contributed by atoms with Gasteiger partial charge >= 0.3 is 0 Å². The standard InChI is InChI=1S/C20H19N3O5/c24-10-16(23-20(26)15-8-13-3-1-2-4-14(13)22-15)19(25)21-9-12-5-6-17-18(7-12)28-11-27-17/h1-8,16,22,24H,9-11H2,(H,21,25)(H,23,26). The Balaban J connectivity index is 1.37. The zero-order valence-electron chi connectivity index (χ0n) is 14.9. The normalized spacial score (nSPS) is 13.3. The van der Waals surface area contributed by atoms with Gasteiger partial charge in [-0.05, 0) is 29.8 Å². The first kappa shape index (κ1) is 17.9. The first-order chi connectivity index (χ1) is 13.6. The number of hydrogen-bond acceptors (Lipinski definition) is 5. The largest absolute Gasteiger partial charge is 0.454 e. The summed E-state index contributed by atoms with van der Waals surface area (Å²) in [5.41, 5.74) is 1.96. The number of nitrogens with one attached hydrogen (secondary N) is 3. The molecule has 0 saturated heterocycles. The predicted octanol–water partition coefficient (Wildman–Crippen LogP) is 1.30. The van der Waals surface area contributed by atoms with Crippen molar-refractivity contribution in [2.45, 2.75) is 12.6 Å². The molecule has 2 amide bonds. The molecule has 8 nitrogen and oxygen atoms in total. The number of aromatic amines is 1. The van der Waals surface area contributed by atoms with Crippen LogP contribution in [0.5, 0.6) is 11.5 Å². The Morgan fingerprint density at radius 2 is 1.93 bits per heavy atom. The highest BCUT2D eigenvalue weighted by Crippen LogP contribution is 2.32. The summed E-state index contributed by atoms with van der Waals surface area (Å²) in [7, 11) is 0. The van der Waals surface area contributed by atoms with Gasteiger partial charge in [0.05, 0.1) is 6.61 Å². The molecule has 8 heteroatoms. The molecule has 0 fully saturated rings. The van der Waals surface area contributed by atoms with Crippen LogP contribution in [0.25, 0.3) is 10.9 Å². The summed E-state index contributed by atoms with van der Waals surface area (Å²) in [5, 5.41) is 15.7. The lowest BCUT2D eigenvalue weighted by Crippen LogP contribution is -2.48. The maximum Gasteiger partial charge on any atom is 0.268 e. The zero-order valence-corrected chi connectivity index (χ0v) is 14.9. The van der Waals surface area contributed by atoms with Gasteiger partial charge in [-0.3, -0.25) is 9.59 Å². The van der Waals surface area contributed by atoms with E-state index in [0.29, 0.717) is 17.2 Å². The number of benzene rings is 2. The Hall–Kier alpha value is -3.52. The van der Waals surface area contributed by atoms with Crippen molar-refractivity contribution in [2.24, 2.45) is 0 Å². The van der Waals surface area contributed by atoms with E-state index >= 15 is 0 Å². The van der Waals surface area contributed by atoms with Crippen LogP contribution in [0, 0.1) is 0 Å². The smallest absolute Gasteiger partial charge is 0.268 e. The van der Waals surface area contributed by atoms with Crippen molar-refractivity contribution < 1.29 is 24.2 Å². The van der Waals surface area contributed by atoms with Crippen LogP contribution in [0.1, 0.15) is 16.1 Å². The quantitative estimate of drug-likeness (QED) is 0.514. The van der Waals surface area contributed by atoms with Gasteiger partial charge in [0, 0.05) is 17.4 Å². The number of amides is 2. The molecule has 1 atom stereocenters. The summed E-state index contributed by atoms with van der Waals surface area (Å²) >= 11 is 0. The minimum absolute atomic E-state index is 0.178. The SMILES string of the molecule is O=C(NC(CO)C(=O)NCc1ccc2c(c1)OCO2)c1cc2ccccc2[nH]1. The van der Waals surface area contributed by atoms with Crippen LogP contribution in [-0.2, 0) is 11.3 Å². The van der Waals surface area contributed by atoms with E-state index in [4.69, 9.17) is 9.47 Å². The maximum atomic E-state index is 12.4. The van der Waals surface area contributed by atoms with E-state index in [1.165, 1.54) is 0 Å². The van der Waals surface area contributed by atoms with Gasteiger partial charge in [0.1, 0.15) is 11.7 Å². The van der Waals surface area contributed by atoms with Gasteiger partial charge < -0.3 is 30.2 Å². The number of carbonyl (C=O) groups excluding carboxylic acids is 2. The number of H-pyrrole nitrogens is 1. The topological polar surface area (TPSA) is 113 Å². The molecule has 1 aliphatic rings. The van der Waals surface area contributed by atoms with E-state index in [1.54, 1.807) is 18.2 Å². The number of ether oxygens (including phenoxy) is 2. The summed E-state index contributed by atoms with van der Waals surface area (Å²) in [4.78, 5) is 27.8. The van der Waals surface area contributed by atoms with Crippen molar-refractivity contribution in [3.05, 3.63) is 59.8 Å². The van der Waals surface area contributed by atoms with Gasteiger partial charge in [-0.15, -0.1) is 0 Å². The number of rotatable bonds is 6. The van der Waals surface area contributed by atoms with Crippen molar-refractivity contribution in [3.63, 3.8) is 0 Å². The minimum Gasteiger partial charge on any atom is -0.454 e. The molecule has 2 aromatic carbocycles. The number of aliphatic hydroxyl groups excluding tert-OH is 1. The van der Waals surface area contributed by atoms with E-state index in [-0.39, 0.29) is 13.3 Å². The van der Waals surface area contributed by atoms with Crippen LogP contribution in [0.3, 0.4) is 0 Å². The van der Waals surface area contributed by atoms with Gasteiger partial charge in [-0.1, -0.05) is 24.3 Å². The molecular weight excluding hydrogens is 362 g/mol. The number of fused-ring (bicyclic) bond motifs is 2. The Morgan fingerprint density at radius 1 is 1.11 bits per heavy atom. The molecule has 0 radical (unpaired) electrons. The molecule has 2 heterocycles. The van der Waals surface area contributed by atoms with E-state index in [0.717, 1.165) is 16.5 Å². The maximum absolute atomic E-state index is 12.4. The highest BCUT2D eigenvalue weighted by atomic mass is 16.7. The highest BCUT2D eigenvalue weighted by molar-refractivity contribution is 6.00. The van der Waals surface area contributed by atoms with Gasteiger partial charge in [0.15, 0.2) is 11.5 Å². The third kappa shape index (κ3) is 3.63. The first-order valence-corrected chi connectivity index (χ1v) is 8.80. The number of aliphatic hydroxyl groups is 1. The summed E-state index contributed by atoms with van der Waals surface area (Å²) in [5.74, 6) is 0.338. The average Bonchev–Trinajstić information content (AvgIpc) is 3.36. The molecule has 1 aromatic heterocycles. The highest BCUT2D eigenvalue weighted by Gasteiger charge is 2.22. The van der Waals surface area contributed by atoms with Crippen LogP contribution in [0.4, 0.5) is 0 Å². The van der Waals surface area contributed by atoms with E-state index in [2.05, 4.69) is 15.6 Å². The van der Waals surface area contributed by atoms with Crippen molar-refractivity contribution in [1.82, 2.24) is 15.6 Å². The molecule has 28 heavy (non-hydrogen) atoms. The van der Waals surface area contributed by atoms with Crippen molar-refractivity contribution in [2.75, 3.05) is 13.4 Å². The summed E-state index contributed by atoms with van der Waals surface area (Å²) < 4.78 is 10.6. The lowest BCUT2D eigenvalue weighted by molar-refractivity contribution is -0.124. The third-order valence-corrected chi connectivity index (χ3v) is 4.48. The van der Waals surface area contributed by atoms with Crippen molar-refractivity contribution >= 4 is 22.7 Å². The molecule has 0 bridgehead atoms. The molecule has 0 spiro atoms. The predicted molar refractivity (Wildman–Crippen MR) is 101 cm³/mol. The molecule has 1 unspecified atom stereocenters. The van der Waals surface area contributed by atoms with E-state index < -0.39 is 24.5 Å². The molecule has 144 valence electrons. The average molecular weight is 381 g/mol. The zero-order chi connectivity index (χ0) is 19.5. The van der Waals surface area contributed by atoms with Gasteiger partial charge in [0.2, 0.25) is 12.7 Å². The lowest BCUT2D eigenvalue weighted by Gasteiger charge is -2.16. The van der Waals surface area contributed by atoms with E-state index in [9.17, 15) is 14.7 Å². The van der Waals surface area contributed by atoms with Crippen LogP contribution >= 0.6 is 0 Å². The summed E-state index contributed by atoms with van der Waals surface area (Å²) in [6.45, 7) is -0.106. The first-order valence-electron chi connectivity index (χ1n) is 8.80. The van der Waals surface area contributed by atoms with Crippen LogP contribution in [0.2, 0.25) is 0 Å². The second-order valence-electron chi connectivity index (χ2n) is 6.38. The monoisotopic (exact) mass is 381 g/mol. The fraction of sp³-hybridized carbons (Fsp3) is 0.200. The van der Waals surface area contributed by atoms with Gasteiger partial charge in [-0.2, -0.15) is 0 Å². The van der Waals surface area contributed by atoms with Crippen LogP contribution in [0.15, 0.2) is 48.5 Å². The van der Waals surface area contributed by atoms with Crippen LogP contribution < -0.4 is 20.1 Å². The molecule has 0 saturated carbocycles. The van der Waals surface area contributed by atoms with E-state index in [1.807, 2.05) is 30.3 Å². The molecular formula is C20H19N3O5. The van der Waals surface area contributed by atoms with Crippen LogP contribution in [-0.4, -0.2) is 41.3 Å². The number of carbonyl (C=O) groups is 2. The lowest BCUT2D eigenvalue weighted by atomic mass is 10.2. The Kier molecular flexibility index (Phi) is 4.86. The second-order valence-corrected chi connectivity index (χ2v) is 6.38. The summed E-state index contributed by atoms with van der Waals surface area (Å²) in [6, 6.07) is 13.5. The number of para-hydroxylation sites is 1. The Labute approximate surface area is 160 Å². The summed E-state index contributed by atoms with van der Waals surface area (Å²) in [6.07, 6.45) is 0.